The van der Waals surface area contributed by atoms with Gasteiger partial charge in [0.1, 0.15) is 0 Å². The number of rotatable bonds is 2. The first kappa shape index (κ1) is 13.7. The number of amides is 1. The number of fused-ring (bicyclic) bond motifs is 1. The fraction of sp³-hybridized carbons (Fsp3) is 0.188. The highest BCUT2D eigenvalue weighted by molar-refractivity contribution is 6.04. The standard InChI is InChI=1S/C16H14F2N2O/c17-14-4-2-11(8-15(14)18)16(21)20-13-3-1-10-5-6-19-9-12(10)7-13/h1-4,7-8,19H,5-6,9H2,(H,20,21). The summed E-state index contributed by atoms with van der Waals surface area (Å²) in [7, 11) is 0. The molecule has 5 heteroatoms. The Bertz CT molecular complexity index is 701. The van der Waals surface area contributed by atoms with Gasteiger partial charge in [0.05, 0.1) is 0 Å². The average Bonchev–Trinajstić information content (AvgIpc) is 2.50. The molecule has 0 saturated carbocycles. The van der Waals surface area contributed by atoms with Gasteiger partial charge >= 0.3 is 0 Å². The van der Waals surface area contributed by atoms with Gasteiger partial charge in [-0.15, -0.1) is 0 Å². The Hall–Kier alpha value is -2.27. The van der Waals surface area contributed by atoms with Crippen molar-refractivity contribution in [2.75, 3.05) is 11.9 Å². The van der Waals surface area contributed by atoms with Crippen molar-refractivity contribution in [2.24, 2.45) is 0 Å². The van der Waals surface area contributed by atoms with Gasteiger partial charge in [0, 0.05) is 17.8 Å². The molecule has 108 valence electrons. The summed E-state index contributed by atoms with van der Waals surface area (Å²) in [6, 6.07) is 8.80. The minimum atomic E-state index is -1.03. The second-order valence-electron chi connectivity index (χ2n) is 4.99. The maximum absolute atomic E-state index is 13.1. The number of hydrogen-bond donors (Lipinski definition) is 2. The van der Waals surface area contributed by atoms with Crippen LogP contribution < -0.4 is 10.6 Å². The fourth-order valence-corrected chi connectivity index (χ4v) is 2.40. The molecule has 2 N–H and O–H groups in total. The van der Waals surface area contributed by atoms with Crippen molar-refractivity contribution < 1.29 is 13.6 Å². The average molecular weight is 288 g/mol. The summed E-state index contributed by atoms with van der Waals surface area (Å²) >= 11 is 0. The molecule has 2 aromatic carbocycles. The van der Waals surface area contributed by atoms with Crippen LogP contribution in [0.4, 0.5) is 14.5 Å². The van der Waals surface area contributed by atoms with Crippen LogP contribution in [0.5, 0.6) is 0 Å². The summed E-state index contributed by atoms with van der Waals surface area (Å²) < 4.78 is 26.0. The van der Waals surface area contributed by atoms with Crippen molar-refractivity contribution in [3.8, 4) is 0 Å². The van der Waals surface area contributed by atoms with Gasteiger partial charge in [0.25, 0.3) is 5.91 Å². The van der Waals surface area contributed by atoms with Crippen molar-refractivity contribution in [3.05, 3.63) is 64.7 Å². The van der Waals surface area contributed by atoms with Gasteiger partial charge in [-0.25, -0.2) is 8.78 Å². The molecule has 3 nitrogen and oxygen atoms in total. The summed E-state index contributed by atoms with van der Waals surface area (Å²) in [5, 5.41) is 5.96. The first-order chi connectivity index (χ1) is 10.1. The Kier molecular flexibility index (Phi) is 3.66. The van der Waals surface area contributed by atoms with Crippen LogP contribution in [0.3, 0.4) is 0 Å². The molecule has 0 saturated heterocycles. The molecule has 0 aliphatic carbocycles. The molecular formula is C16H14F2N2O. The highest BCUT2D eigenvalue weighted by Crippen LogP contribution is 2.20. The molecule has 0 unspecified atom stereocenters. The maximum atomic E-state index is 13.1. The zero-order valence-electron chi connectivity index (χ0n) is 11.2. The second kappa shape index (κ2) is 5.61. The maximum Gasteiger partial charge on any atom is 0.255 e. The third-order valence-corrected chi connectivity index (χ3v) is 3.53. The Morgan fingerprint density at radius 3 is 2.71 bits per heavy atom. The van der Waals surface area contributed by atoms with Gasteiger partial charge < -0.3 is 10.6 Å². The van der Waals surface area contributed by atoms with Gasteiger partial charge in [-0.05, 0) is 54.4 Å². The highest BCUT2D eigenvalue weighted by atomic mass is 19.2. The van der Waals surface area contributed by atoms with E-state index in [4.69, 9.17) is 0 Å². The lowest BCUT2D eigenvalue weighted by Gasteiger charge is -2.18. The van der Waals surface area contributed by atoms with Gasteiger partial charge in [0.15, 0.2) is 11.6 Å². The van der Waals surface area contributed by atoms with E-state index in [0.29, 0.717) is 5.69 Å². The third-order valence-electron chi connectivity index (χ3n) is 3.53. The summed E-state index contributed by atoms with van der Waals surface area (Å²) in [6.07, 6.45) is 0.965. The summed E-state index contributed by atoms with van der Waals surface area (Å²) in [5.41, 5.74) is 3.14. The summed E-state index contributed by atoms with van der Waals surface area (Å²) in [5.74, 6) is -2.46. The number of anilines is 1. The quantitative estimate of drug-likeness (QED) is 0.892. The first-order valence-corrected chi connectivity index (χ1v) is 6.72. The Balaban J connectivity index is 1.79. The van der Waals surface area contributed by atoms with Crippen LogP contribution in [0, 0.1) is 11.6 Å². The normalized spacial score (nSPS) is 13.6. The van der Waals surface area contributed by atoms with Crippen molar-refractivity contribution in [1.29, 1.82) is 0 Å². The van der Waals surface area contributed by atoms with E-state index < -0.39 is 17.5 Å². The Morgan fingerprint density at radius 1 is 1.05 bits per heavy atom. The second-order valence-corrected chi connectivity index (χ2v) is 4.99. The van der Waals surface area contributed by atoms with Crippen molar-refractivity contribution in [3.63, 3.8) is 0 Å². The van der Waals surface area contributed by atoms with Gasteiger partial charge in [0.2, 0.25) is 0 Å². The molecule has 21 heavy (non-hydrogen) atoms. The molecule has 0 atom stereocenters. The molecule has 3 rings (SSSR count). The number of nitrogens with one attached hydrogen (secondary N) is 2. The predicted octanol–water partition coefficient (Wildman–Crippen LogP) is 2.86. The number of carbonyl (C=O) groups excluding carboxylic acids is 1. The Morgan fingerprint density at radius 2 is 1.90 bits per heavy atom. The van der Waals surface area contributed by atoms with Crippen molar-refractivity contribution in [2.45, 2.75) is 13.0 Å². The number of halogens is 2. The molecule has 1 aliphatic rings. The number of hydrogen-bond acceptors (Lipinski definition) is 2. The summed E-state index contributed by atoms with van der Waals surface area (Å²) in [6.45, 7) is 1.72. The zero-order valence-corrected chi connectivity index (χ0v) is 11.2. The van der Waals surface area contributed by atoms with Gasteiger partial charge in [-0.2, -0.15) is 0 Å². The van der Waals surface area contributed by atoms with Crippen molar-refractivity contribution in [1.82, 2.24) is 5.32 Å². The molecule has 2 aromatic rings. The molecule has 0 radical (unpaired) electrons. The molecule has 1 aliphatic heterocycles. The lowest BCUT2D eigenvalue weighted by molar-refractivity contribution is 0.102. The van der Waals surface area contributed by atoms with Crippen LogP contribution in [0.2, 0.25) is 0 Å². The molecule has 1 heterocycles. The van der Waals surface area contributed by atoms with E-state index in [-0.39, 0.29) is 5.56 Å². The summed E-state index contributed by atoms with van der Waals surface area (Å²) in [4.78, 5) is 12.0. The molecule has 0 spiro atoms. The number of benzene rings is 2. The van der Waals surface area contributed by atoms with Crippen LogP contribution in [0.15, 0.2) is 36.4 Å². The monoisotopic (exact) mass is 288 g/mol. The van der Waals surface area contributed by atoms with Crippen molar-refractivity contribution >= 4 is 11.6 Å². The topological polar surface area (TPSA) is 41.1 Å². The van der Waals surface area contributed by atoms with E-state index in [1.807, 2.05) is 18.2 Å². The minimum absolute atomic E-state index is 0.0877. The van der Waals surface area contributed by atoms with E-state index in [1.54, 1.807) is 0 Å². The van der Waals surface area contributed by atoms with Gasteiger partial charge in [-0.1, -0.05) is 6.07 Å². The lowest BCUT2D eigenvalue weighted by atomic mass is 10.0. The van der Waals surface area contributed by atoms with Crippen LogP contribution in [0.1, 0.15) is 21.5 Å². The predicted molar refractivity (Wildman–Crippen MR) is 76.2 cm³/mol. The molecule has 0 fully saturated rings. The Labute approximate surface area is 121 Å². The largest absolute Gasteiger partial charge is 0.322 e. The van der Waals surface area contributed by atoms with E-state index in [1.165, 1.54) is 11.6 Å². The SMILES string of the molecule is O=C(Nc1ccc2c(c1)CNCC2)c1ccc(F)c(F)c1. The highest BCUT2D eigenvalue weighted by Gasteiger charge is 2.12. The van der Waals surface area contributed by atoms with Crippen LogP contribution in [-0.4, -0.2) is 12.5 Å². The molecule has 0 bridgehead atoms. The third kappa shape index (κ3) is 2.92. The van der Waals surface area contributed by atoms with E-state index in [2.05, 4.69) is 10.6 Å². The van der Waals surface area contributed by atoms with E-state index in [0.717, 1.165) is 37.2 Å². The fourth-order valence-electron chi connectivity index (χ4n) is 2.40. The van der Waals surface area contributed by atoms with Crippen LogP contribution in [-0.2, 0) is 13.0 Å². The van der Waals surface area contributed by atoms with Crippen LogP contribution >= 0.6 is 0 Å². The lowest BCUT2D eigenvalue weighted by Crippen LogP contribution is -2.23. The van der Waals surface area contributed by atoms with E-state index >= 15 is 0 Å². The van der Waals surface area contributed by atoms with E-state index in [9.17, 15) is 13.6 Å². The molecule has 1 amide bonds. The minimum Gasteiger partial charge on any atom is -0.322 e. The smallest absolute Gasteiger partial charge is 0.255 e. The van der Waals surface area contributed by atoms with Crippen LogP contribution in [0.25, 0.3) is 0 Å². The molecule has 0 aromatic heterocycles. The first-order valence-electron chi connectivity index (χ1n) is 6.72. The number of carbonyl (C=O) groups is 1. The molecular weight excluding hydrogens is 274 g/mol. The van der Waals surface area contributed by atoms with Gasteiger partial charge in [-0.3, -0.25) is 4.79 Å². The zero-order chi connectivity index (χ0) is 14.8.